The van der Waals surface area contributed by atoms with Crippen molar-refractivity contribution in [2.24, 2.45) is 11.7 Å². The van der Waals surface area contributed by atoms with Gasteiger partial charge in [0, 0.05) is 12.6 Å². The predicted molar refractivity (Wildman–Crippen MR) is 68.4 cm³/mol. The number of piperidine rings is 1. The minimum atomic E-state index is -3.51. The average molecular weight is 272 g/mol. The number of hydrogen-bond acceptors (Lipinski definition) is 4. The summed E-state index contributed by atoms with van der Waals surface area (Å²) in [5.41, 5.74) is 5.43. The maximum Gasteiger partial charge on any atom is 0.276 e. The molecule has 0 aliphatic carbocycles. The molecule has 1 fully saturated rings. The van der Waals surface area contributed by atoms with Gasteiger partial charge in [-0.05, 0) is 37.8 Å². The SMILES string of the molecule is CC1CCN(S(=O)(=O)c2ccc(CN)o2)C(C)C1. The number of nitrogens with two attached hydrogens (primary N) is 1. The van der Waals surface area contributed by atoms with E-state index in [0.717, 1.165) is 12.8 Å². The highest BCUT2D eigenvalue weighted by molar-refractivity contribution is 7.89. The molecule has 2 rings (SSSR count). The maximum atomic E-state index is 12.4. The molecule has 0 radical (unpaired) electrons. The van der Waals surface area contributed by atoms with Crippen LogP contribution in [0.3, 0.4) is 0 Å². The minimum absolute atomic E-state index is 0.00403. The molecule has 1 aliphatic rings. The van der Waals surface area contributed by atoms with Crippen molar-refractivity contribution in [3.8, 4) is 0 Å². The Kier molecular flexibility index (Phi) is 3.79. The van der Waals surface area contributed by atoms with Gasteiger partial charge in [0.1, 0.15) is 5.76 Å². The zero-order valence-electron chi connectivity index (χ0n) is 10.8. The van der Waals surface area contributed by atoms with E-state index in [-0.39, 0.29) is 17.7 Å². The van der Waals surface area contributed by atoms with Gasteiger partial charge in [-0.15, -0.1) is 0 Å². The van der Waals surface area contributed by atoms with Crippen molar-refractivity contribution in [3.63, 3.8) is 0 Å². The van der Waals surface area contributed by atoms with Crippen LogP contribution >= 0.6 is 0 Å². The fourth-order valence-corrected chi connectivity index (χ4v) is 4.05. The lowest BCUT2D eigenvalue weighted by molar-refractivity contribution is 0.215. The van der Waals surface area contributed by atoms with Gasteiger partial charge >= 0.3 is 0 Å². The van der Waals surface area contributed by atoms with Gasteiger partial charge < -0.3 is 10.2 Å². The van der Waals surface area contributed by atoms with E-state index in [2.05, 4.69) is 6.92 Å². The molecule has 18 heavy (non-hydrogen) atoms. The summed E-state index contributed by atoms with van der Waals surface area (Å²) < 4.78 is 31.7. The first-order chi connectivity index (χ1) is 8.45. The fraction of sp³-hybridized carbons (Fsp3) is 0.667. The highest BCUT2D eigenvalue weighted by Crippen LogP contribution is 2.28. The molecular formula is C12H20N2O3S. The van der Waals surface area contributed by atoms with Crippen LogP contribution in [0.25, 0.3) is 0 Å². The van der Waals surface area contributed by atoms with Gasteiger partial charge in [-0.2, -0.15) is 4.31 Å². The molecule has 2 unspecified atom stereocenters. The van der Waals surface area contributed by atoms with Gasteiger partial charge in [-0.25, -0.2) is 8.42 Å². The van der Waals surface area contributed by atoms with E-state index in [1.54, 1.807) is 6.07 Å². The molecule has 0 aromatic carbocycles. The van der Waals surface area contributed by atoms with Gasteiger partial charge in [0.25, 0.3) is 10.0 Å². The average Bonchev–Trinajstić information content (AvgIpc) is 2.77. The second kappa shape index (κ2) is 5.03. The minimum Gasteiger partial charge on any atom is -0.447 e. The molecule has 102 valence electrons. The monoisotopic (exact) mass is 272 g/mol. The normalized spacial score (nSPS) is 26.4. The molecule has 0 bridgehead atoms. The van der Waals surface area contributed by atoms with E-state index in [1.807, 2.05) is 6.92 Å². The van der Waals surface area contributed by atoms with E-state index in [9.17, 15) is 8.42 Å². The van der Waals surface area contributed by atoms with Gasteiger partial charge in [-0.1, -0.05) is 6.92 Å². The molecular weight excluding hydrogens is 252 g/mol. The quantitative estimate of drug-likeness (QED) is 0.905. The molecule has 0 amide bonds. The van der Waals surface area contributed by atoms with Crippen molar-refractivity contribution in [1.29, 1.82) is 0 Å². The van der Waals surface area contributed by atoms with Crippen LogP contribution in [0, 0.1) is 5.92 Å². The van der Waals surface area contributed by atoms with Crippen LogP contribution in [0.15, 0.2) is 21.6 Å². The van der Waals surface area contributed by atoms with Crippen molar-refractivity contribution < 1.29 is 12.8 Å². The Morgan fingerprint density at radius 3 is 2.72 bits per heavy atom. The lowest BCUT2D eigenvalue weighted by Crippen LogP contribution is -2.43. The fourth-order valence-electron chi connectivity index (χ4n) is 2.46. The van der Waals surface area contributed by atoms with Crippen LogP contribution in [0.2, 0.25) is 0 Å². The maximum absolute atomic E-state index is 12.4. The molecule has 2 atom stereocenters. The molecule has 1 aromatic heterocycles. The van der Waals surface area contributed by atoms with Crippen molar-refractivity contribution in [2.45, 2.75) is 44.4 Å². The van der Waals surface area contributed by atoms with Crippen molar-refractivity contribution in [3.05, 3.63) is 17.9 Å². The Morgan fingerprint density at radius 1 is 1.44 bits per heavy atom. The Labute approximate surface area is 108 Å². The van der Waals surface area contributed by atoms with Gasteiger partial charge in [0.2, 0.25) is 5.09 Å². The zero-order chi connectivity index (χ0) is 13.3. The van der Waals surface area contributed by atoms with Crippen LogP contribution in [0.1, 0.15) is 32.4 Å². The van der Waals surface area contributed by atoms with Gasteiger partial charge in [-0.3, -0.25) is 0 Å². The summed E-state index contributed by atoms with van der Waals surface area (Å²) in [4.78, 5) is 0. The van der Waals surface area contributed by atoms with E-state index < -0.39 is 10.0 Å². The largest absolute Gasteiger partial charge is 0.447 e. The predicted octanol–water partition coefficient (Wildman–Crippen LogP) is 1.55. The third-order valence-electron chi connectivity index (χ3n) is 3.48. The second-order valence-corrected chi connectivity index (χ2v) is 6.84. The number of nitrogens with zero attached hydrogens (tertiary/aromatic N) is 1. The smallest absolute Gasteiger partial charge is 0.276 e. The van der Waals surface area contributed by atoms with Crippen molar-refractivity contribution in [2.75, 3.05) is 6.54 Å². The first-order valence-corrected chi connectivity index (χ1v) is 7.69. The molecule has 2 heterocycles. The van der Waals surface area contributed by atoms with Gasteiger partial charge in [0.05, 0.1) is 6.54 Å². The summed E-state index contributed by atoms with van der Waals surface area (Å²) in [6, 6.07) is 3.12. The standard InChI is InChI=1S/C12H20N2O3S/c1-9-5-6-14(10(2)7-9)18(15,16)12-4-3-11(8-13)17-12/h3-4,9-10H,5-8,13H2,1-2H3. The molecule has 6 heteroatoms. The van der Waals surface area contributed by atoms with Gasteiger partial charge in [0.15, 0.2) is 0 Å². The third-order valence-corrected chi connectivity index (χ3v) is 5.37. The molecule has 5 nitrogen and oxygen atoms in total. The number of hydrogen-bond donors (Lipinski definition) is 1. The van der Waals surface area contributed by atoms with Crippen LogP contribution < -0.4 is 5.73 Å². The molecule has 1 saturated heterocycles. The Balaban J connectivity index is 2.25. The summed E-state index contributed by atoms with van der Waals surface area (Å²) in [6.45, 7) is 4.87. The van der Waals surface area contributed by atoms with Crippen molar-refractivity contribution in [1.82, 2.24) is 4.31 Å². The summed E-state index contributed by atoms with van der Waals surface area (Å²) in [7, 11) is -3.51. The zero-order valence-corrected chi connectivity index (χ0v) is 11.6. The molecule has 0 spiro atoms. The van der Waals surface area contributed by atoms with E-state index >= 15 is 0 Å². The second-order valence-electron chi connectivity index (χ2n) is 5.02. The molecule has 2 N–H and O–H groups in total. The highest BCUT2D eigenvalue weighted by Gasteiger charge is 2.35. The summed E-state index contributed by atoms with van der Waals surface area (Å²) >= 11 is 0. The third kappa shape index (κ3) is 2.46. The molecule has 1 aromatic rings. The summed E-state index contributed by atoms with van der Waals surface area (Å²) in [6.07, 6.45) is 1.79. The Hall–Kier alpha value is -0.850. The number of sulfonamides is 1. The first kappa shape index (κ1) is 13.6. The van der Waals surface area contributed by atoms with Crippen molar-refractivity contribution >= 4 is 10.0 Å². The molecule has 0 saturated carbocycles. The van der Waals surface area contributed by atoms with Crippen LogP contribution in [0.5, 0.6) is 0 Å². The van der Waals surface area contributed by atoms with Crippen LogP contribution in [-0.4, -0.2) is 25.3 Å². The Morgan fingerprint density at radius 2 is 2.17 bits per heavy atom. The lowest BCUT2D eigenvalue weighted by Gasteiger charge is -2.34. The van der Waals surface area contributed by atoms with E-state index in [1.165, 1.54) is 10.4 Å². The highest BCUT2D eigenvalue weighted by atomic mass is 32.2. The Bertz CT molecular complexity index is 509. The van der Waals surface area contributed by atoms with E-state index in [0.29, 0.717) is 18.2 Å². The van der Waals surface area contributed by atoms with Crippen LogP contribution in [0.4, 0.5) is 0 Å². The lowest BCUT2D eigenvalue weighted by atomic mass is 9.95. The van der Waals surface area contributed by atoms with E-state index in [4.69, 9.17) is 10.2 Å². The first-order valence-electron chi connectivity index (χ1n) is 6.25. The summed E-state index contributed by atoms with van der Waals surface area (Å²) in [5, 5.41) is 0.00403. The summed E-state index contributed by atoms with van der Waals surface area (Å²) in [5.74, 6) is 1.06. The number of rotatable bonds is 3. The topological polar surface area (TPSA) is 76.5 Å². The molecule has 1 aliphatic heterocycles. The van der Waals surface area contributed by atoms with Crippen LogP contribution in [-0.2, 0) is 16.6 Å². The number of furan rings is 1.